The maximum atomic E-state index is 13.0. The summed E-state index contributed by atoms with van der Waals surface area (Å²) >= 11 is 1.60. The molecule has 1 aromatic carbocycles. The van der Waals surface area contributed by atoms with Crippen molar-refractivity contribution in [1.29, 1.82) is 0 Å². The van der Waals surface area contributed by atoms with Crippen LogP contribution < -0.4 is 0 Å². The highest BCUT2D eigenvalue weighted by molar-refractivity contribution is 7.13. The highest BCUT2D eigenvalue weighted by atomic mass is 32.1. The van der Waals surface area contributed by atoms with Gasteiger partial charge in [-0.25, -0.2) is 4.39 Å². The van der Waals surface area contributed by atoms with Gasteiger partial charge in [0.2, 0.25) is 11.7 Å². The van der Waals surface area contributed by atoms with E-state index < -0.39 is 0 Å². The first-order valence-corrected chi connectivity index (χ1v) is 8.83. The van der Waals surface area contributed by atoms with Crippen molar-refractivity contribution in [3.8, 4) is 10.7 Å². The Labute approximate surface area is 144 Å². The van der Waals surface area contributed by atoms with Crippen molar-refractivity contribution in [2.24, 2.45) is 0 Å². The molecule has 2 heterocycles. The molecule has 6 heteroatoms. The number of benzene rings is 1. The van der Waals surface area contributed by atoms with Crippen LogP contribution in [0.2, 0.25) is 0 Å². The minimum Gasteiger partial charge on any atom is -0.339 e. The van der Waals surface area contributed by atoms with Gasteiger partial charge in [0, 0.05) is 12.5 Å². The lowest BCUT2D eigenvalue weighted by Gasteiger charge is -2.24. The van der Waals surface area contributed by atoms with Crippen molar-refractivity contribution in [3.05, 3.63) is 59.0 Å². The summed E-state index contributed by atoms with van der Waals surface area (Å²) in [6, 6.07) is 10.9. The van der Waals surface area contributed by atoms with Crippen molar-refractivity contribution >= 4 is 11.3 Å². The van der Waals surface area contributed by atoms with Crippen molar-refractivity contribution in [2.75, 3.05) is 13.6 Å². The van der Waals surface area contributed by atoms with Crippen molar-refractivity contribution < 1.29 is 8.91 Å². The largest absolute Gasteiger partial charge is 0.339 e. The number of hydrogen-bond donors (Lipinski definition) is 0. The SMILES string of the molecule is C[C@H](c1ccc(F)cc1)N(C)CCCc1nc(-c2cccs2)no1. The molecule has 0 aliphatic heterocycles. The Hall–Kier alpha value is -2.05. The Kier molecular flexibility index (Phi) is 5.37. The van der Waals surface area contributed by atoms with E-state index >= 15 is 0 Å². The van der Waals surface area contributed by atoms with Crippen LogP contribution in [0, 0.1) is 5.82 Å². The summed E-state index contributed by atoms with van der Waals surface area (Å²) in [5, 5.41) is 6.02. The van der Waals surface area contributed by atoms with Crippen LogP contribution in [0.5, 0.6) is 0 Å². The van der Waals surface area contributed by atoms with Gasteiger partial charge < -0.3 is 4.52 Å². The van der Waals surface area contributed by atoms with Crippen LogP contribution in [0.3, 0.4) is 0 Å². The molecular weight excluding hydrogens is 325 g/mol. The number of nitrogens with zero attached hydrogens (tertiary/aromatic N) is 3. The predicted molar refractivity (Wildman–Crippen MR) is 93.4 cm³/mol. The molecule has 4 nitrogen and oxygen atoms in total. The first kappa shape index (κ1) is 16.8. The average Bonchev–Trinajstić information content (AvgIpc) is 3.26. The third-order valence-corrected chi connectivity index (χ3v) is 4.99. The van der Waals surface area contributed by atoms with Gasteiger partial charge in [-0.15, -0.1) is 11.3 Å². The van der Waals surface area contributed by atoms with E-state index in [9.17, 15) is 4.39 Å². The maximum Gasteiger partial charge on any atom is 0.227 e. The van der Waals surface area contributed by atoms with E-state index in [1.807, 2.05) is 29.6 Å². The fourth-order valence-electron chi connectivity index (χ4n) is 2.53. The van der Waals surface area contributed by atoms with Gasteiger partial charge in [0.25, 0.3) is 0 Å². The standard InChI is InChI=1S/C18H20FN3OS/c1-13(14-7-9-15(19)10-8-14)22(2)11-3-6-17-20-18(21-23-17)16-5-4-12-24-16/h4-5,7-10,12-13H,3,6,11H2,1-2H3/t13-/m1/s1. The van der Waals surface area contributed by atoms with Crippen LogP contribution in [0.4, 0.5) is 4.39 Å². The fourth-order valence-corrected chi connectivity index (χ4v) is 3.18. The van der Waals surface area contributed by atoms with Crippen molar-refractivity contribution in [3.63, 3.8) is 0 Å². The maximum absolute atomic E-state index is 13.0. The summed E-state index contributed by atoms with van der Waals surface area (Å²) in [7, 11) is 2.07. The Morgan fingerprint density at radius 3 is 2.75 bits per heavy atom. The molecule has 0 saturated carbocycles. The van der Waals surface area contributed by atoms with Crippen LogP contribution in [0.1, 0.15) is 30.8 Å². The van der Waals surface area contributed by atoms with Crippen LogP contribution in [0.15, 0.2) is 46.3 Å². The van der Waals surface area contributed by atoms with Gasteiger partial charge in [0.15, 0.2) is 0 Å². The molecule has 3 aromatic rings. The minimum atomic E-state index is -0.202. The summed E-state index contributed by atoms with van der Waals surface area (Å²) in [4.78, 5) is 7.70. The zero-order chi connectivity index (χ0) is 16.9. The Balaban J connectivity index is 1.50. The third-order valence-electron chi connectivity index (χ3n) is 4.12. The lowest BCUT2D eigenvalue weighted by Crippen LogP contribution is -2.24. The van der Waals surface area contributed by atoms with Crippen LogP contribution in [-0.2, 0) is 6.42 Å². The van der Waals surface area contributed by atoms with Gasteiger partial charge in [-0.05, 0) is 56.1 Å². The molecular formula is C18H20FN3OS. The molecule has 0 fully saturated rings. The molecule has 126 valence electrons. The molecule has 0 N–H and O–H groups in total. The predicted octanol–water partition coefficient (Wildman–Crippen LogP) is 4.56. The summed E-state index contributed by atoms with van der Waals surface area (Å²) in [6.07, 6.45) is 1.67. The second-order valence-electron chi connectivity index (χ2n) is 5.80. The van der Waals surface area contributed by atoms with Gasteiger partial charge >= 0.3 is 0 Å². The highest BCUT2D eigenvalue weighted by Gasteiger charge is 2.13. The smallest absolute Gasteiger partial charge is 0.227 e. The molecule has 0 aliphatic carbocycles. The molecule has 0 spiro atoms. The molecule has 0 saturated heterocycles. The Bertz CT molecular complexity index is 755. The van der Waals surface area contributed by atoms with E-state index in [2.05, 4.69) is 29.0 Å². The first-order valence-electron chi connectivity index (χ1n) is 7.95. The van der Waals surface area contributed by atoms with E-state index in [-0.39, 0.29) is 11.9 Å². The monoisotopic (exact) mass is 345 g/mol. The van der Waals surface area contributed by atoms with Crippen LogP contribution in [0.25, 0.3) is 10.7 Å². The van der Waals surface area contributed by atoms with Crippen LogP contribution in [-0.4, -0.2) is 28.6 Å². The highest BCUT2D eigenvalue weighted by Crippen LogP contribution is 2.22. The fraction of sp³-hybridized carbons (Fsp3) is 0.333. The summed E-state index contributed by atoms with van der Waals surface area (Å²) in [5.74, 6) is 1.13. The Morgan fingerprint density at radius 1 is 1.25 bits per heavy atom. The van der Waals surface area contributed by atoms with E-state index in [4.69, 9.17) is 4.52 Å². The second kappa shape index (κ2) is 7.68. The molecule has 1 atom stereocenters. The number of halogens is 1. The molecule has 0 unspecified atom stereocenters. The number of hydrogen-bond acceptors (Lipinski definition) is 5. The van der Waals surface area contributed by atoms with Gasteiger partial charge in [-0.3, -0.25) is 4.90 Å². The van der Waals surface area contributed by atoms with E-state index in [1.165, 1.54) is 12.1 Å². The lowest BCUT2D eigenvalue weighted by molar-refractivity contribution is 0.253. The second-order valence-corrected chi connectivity index (χ2v) is 6.75. The summed E-state index contributed by atoms with van der Waals surface area (Å²) in [6.45, 7) is 3.02. The third kappa shape index (κ3) is 4.07. The quantitative estimate of drug-likeness (QED) is 0.629. The van der Waals surface area contributed by atoms with E-state index in [1.54, 1.807) is 11.3 Å². The molecule has 0 aliphatic rings. The van der Waals surface area contributed by atoms with Gasteiger partial charge in [-0.2, -0.15) is 4.98 Å². The number of aromatic nitrogens is 2. The van der Waals surface area contributed by atoms with Crippen LogP contribution >= 0.6 is 11.3 Å². The summed E-state index contributed by atoms with van der Waals surface area (Å²) in [5.41, 5.74) is 1.11. The van der Waals surface area contributed by atoms with Gasteiger partial charge in [0.05, 0.1) is 4.88 Å². The average molecular weight is 345 g/mol. The normalized spacial score (nSPS) is 12.7. The zero-order valence-electron chi connectivity index (χ0n) is 13.8. The molecule has 3 rings (SSSR count). The topological polar surface area (TPSA) is 42.2 Å². The van der Waals surface area contributed by atoms with Crippen molar-refractivity contribution in [2.45, 2.75) is 25.8 Å². The minimum absolute atomic E-state index is 0.202. The lowest BCUT2D eigenvalue weighted by atomic mass is 10.1. The molecule has 24 heavy (non-hydrogen) atoms. The zero-order valence-corrected chi connectivity index (χ0v) is 14.6. The molecule has 0 amide bonds. The Morgan fingerprint density at radius 2 is 2.04 bits per heavy atom. The number of rotatable bonds is 7. The van der Waals surface area contributed by atoms with Crippen molar-refractivity contribution in [1.82, 2.24) is 15.0 Å². The number of thiophene rings is 1. The number of aryl methyl sites for hydroxylation is 1. The molecule has 2 aromatic heterocycles. The van der Waals surface area contributed by atoms with Gasteiger partial charge in [-0.1, -0.05) is 23.4 Å². The summed E-state index contributed by atoms with van der Waals surface area (Å²) < 4.78 is 18.3. The van der Waals surface area contributed by atoms with Gasteiger partial charge in [0.1, 0.15) is 5.82 Å². The molecule has 0 bridgehead atoms. The molecule has 0 radical (unpaired) electrons. The van der Waals surface area contributed by atoms with E-state index in [0.717, 1.165) is 29.8 Å². The van der Waals surface area contributed by atoms with E-state index in [0.29, 0.717) is 11.7 Å². The first-order chi connectivity index (χ1) is 11.6.